The monoisotopic (exact) mass is 510 g/mol. The van der Waals surface area contributed by atoms with E-state index >= 15 is 0 Å². The Labute approximate surface area is 203 Å². The van der Waals surface area contributed by atoms with Crippen LogP contribution in [-0.4, -0.2) is 55.7 Å². The first-order valence-electron chi connectivity index (χ1n) is 11.1. The van der Waals surface area contributed by atoms with Gasteiger partial charge >= 0.3 is 0 Å². The molecule has 2 aromatic rings. The van der Waals surface area contributed by atoms with E-state index in [-0.39, 0.29) is 11.6 Å². The number of sulfone groups is 1. The molecule has 186 valence electrons. The second-order valence-corrected chi connectivity index (χ2v) is 11.3. The van der Waals surface area contributed by atoms with Crippen molar-refractivity contribution in [1.82, 2.24) is 10.2 Å². The van der Waals surface area contributed by atoms with Crippen molar-refractivity contribution in [2.45, 2.75) is 56.6 Å². The second kappa shape index (κ2) is 11.6. The molecule has 34 heavy (non-hydrogen) atoms. The maximum absolute atomic E-state index is 12.9. The largest absolute Gasteiger partial charge is 0.493 e. The van der Waals surface area contributed by atoms with Gasteiger partial charge in [-0.1, -0.05) is 37.5 Å². The lowest BCUT2D eigenvalue weighted by Crippen LogP contribution is -2.39. The van der Waals surface area contributed by atoms with Crippen LogP contribution in [0.3, 0.4) is 0 Å². The molecule has 1 fully saturated rings. The normalized spacial score (nSPS) is 15.4. The van der Waals surface area contributed by atoms with Crippen molar-refractivity contribution in [3.8, 4) is 11.5 Å². The molecular formula is C22H30N4O6S2. The Hall–Kier alpha value is -2.73. The quantitative estimate of drug-likeness (QED) is 0.496. The van der Waals surface area contributed by atoms with Crippen molar-refractivity contribution in [2.24, 2.45) is 0 Å². The molecular weight excluding hydrogens is 480 g/mol. The SMILES string of the molecule is CCC(C(=O)Nc1nnc(C2CCCCC2)s1)S(=O)(=O)CC(=O)Nc1ccc(OC)c(OC)c1. The summed E-state index contributed by atoms with van der Waals surface area (Å²) in [5, 5.41) is 13.1. The number of aromatic nitrogens is 2. The summed E-state index contributed by atoms with van der Waals surface area (Å²) in [7, 11) is -1.14. The van der Waals surface area contributed by atoms with Gasteiger partial charge in [-0.2, -0.15) is 0 Å². The molecule has 1 heterocycles. The number of hydrogen-bond donors (Lipinski definition) is 2. The molecule has 1 aromatic heterocycles. The standard InChI is InChI=1S/C22H30N4O6S2/c1-4-18(20(28)24-22-26-25-21(33-22)14-8-6-5-7-9-14)34(29,30)13-19(27)23-15-10-11-16(31-2)17(12-15)32-3/h10-12,14,18H,4-9,13H2,1-3H3,(H,23,27)(H,24,26,28). The minimum absolute atomic E-state index is 0.0199. The van der Waals surface area contributed by atoms with E-state index in [4.69, 9.17) is 9.47 Å². The van der Waals surface area contributed by atoms with Crippen LogP contribution in [0.25, 0.3) is 0 Å². The number of nitrogens with one attached hydrogen (secondary N) is 2. The van der Waals surface area contributed by atoms with Crippen molar-refractivity contribution < 1.29 is 27.5 Å². The van der Waals surface area contributed by atoms with Gasteiger partial charge in [0.25, 0.3) is 0 Å². The Morgan fingerprint density at radius 2 is 1.79 bits per heavy atom. The number of methoxy groups -OCH3 is 2. The van der Waals surface area contributed by atoms with Crippen LogP contribution in [0.15, 0.2) is 18.2 Å². The van der Waals surface area contributed by atoms with Crippen molar-refractivity contribution >= 4 is 43.8 Å². The lowest BCUT2D eigenvalue weighted by molar-refractivity contribution is -0.115. The van der Waals surface area contributed by atoms with Crippen molar-refractivity contribution in [3.63, 3.8) is 0 Å². The average molecular weight is 511 g/mol. The van der Waals surface area contributed by atoms with Gasteiger partial charge in [-0.15, -0.1) is 10.2 Å². The van der Waals surface area contributed by atoms with E-state index in [2.05, 4.69) is 20.8 Å². The van der Waals surface area contributed by atoms with Gasteiger partial charge in [0, 0.05) is 17.7 Å². The van der Waals surface area contributed by atoms with Gasteiger partial charge < -0.3 is 14.8 Å². The minimum Gasteiger partial charge on any atom is -0.493 e. The second-order valence-electron chi connectivity index (χ2n) is 8.09. The van der Waals surface area contributed by atoms with E-state index in [0.29, 0.717) is 23.1 Å². The van der Waals surface area contributed by atoms with E-state index in [1.165, 1.54) is 38.0 Å². The van der Waals surface area contributed by atoms with Crippen LogP contribution in [-0.2, 0) is 19.4 Å². The highest BCUT2D eigenvalue weighted by molar-refractivity contribution is 7.93. The molecule has 1 aromatic carbocycles. The number of carbonyl (C=O) groups excluding carboxylic acids is 2. The number of amides is 2. The van der Waals surface area contributed by atoms with Crippen molar-refractivity contribution in [3.05, 3.63) is 23.2 Å². The molecule has 2 N–H and O–H groups in total. The maximum Gasteiger partial charge on any atom is 0.244 e. The molecule has 3 rings (SSSR count). The number of benzene rings is 1. The first-order valence-corrected chi connectivity index (χ1v) is 13.7. The molecule has 0 radical (unpaired) electrons. The topological polar surface area (TPSA) is 137 Å². The zero-order chi connectivity index (χ0) is 24.7. The molecule has 0 aliphatic heterocycles. The van der Waals surface area contributed by atoms with E-state index in [1.807, 2.05) is 0 Å². The summed E-state index contributed by atoms with van der Waals surface area (Å²) in [6.45, 7) is 1.58. The van der Waals surface area contributed by atoms with Crippen LogP contribution < -0.4 is 20.1 Å². The molecule has 0 saturated heterocycles. The van der Waals surface area contributed by atoms with Crippen LogP contribution in [0.1, 0.15) is 56.4 Å². The molecule has 1 atom stereocenters. The summed E-state index contributed by atoms with van der Waals surface area (Å²) < 4.78 is 36.1. The number of nitrogens with zero attached hydrogens (tertiary/aromatic N) is 2. The fourth-order valence-electron chi connectivity index (χ4n) is 3.98. The predicted octanol–water partition coefficient (Wildman–Crippen LogP) is 3.37. The smallest absolute Gasteiger partial charge is 0.244 e. The van der Waals surface area contributed by atoms with Gasteiger partial charge in [-0.3, -0.25) is 14.9 Å². The number of ether oxygens (including phenoxy) is 2. The third-order valence-electron chi connectivity index (χ3n) is 5.72. The van der Waals surface area contributed by atoms with Gasteiger partial charge in [0.05, 0.1) is 14.2 Å². The third kappa shape index (κ3) is 6.44. The first kappa shape index (κ1) is 25.9. The van der Waals surface area contributed by atoms with E-state index in [9.17, 15) is 18.0 Å². The number of hydrogen-bond acceptors (Lipinski definition) is 9. The van der Waals surface area contributed by atoms with Crippen LogP contribution in [0.5, 0.6) is 11.5 Å². The maximum atomic E-state index is 12.9. The van der Waals surface area contributed by atoms with Crippen LogP contribution in [0, 0.1) is 0 Å². The van der Waals surface area contributed by atoms with Crippen molar-refractivity contribution in [1.29, 1.82) is 0 Å². The average Bonchev–Trinajstić information content (AvgIpc) is 3.27. The highest BCUT2D eigenvalue weighted by Crippen LogP contribution is 2.35. The number of anilines is 2. The zero-order valence-corrected chi connectivity index (χ0v) is 21.1. The lowest BCUT2D eigenvalue weighted by Gasteiger charge is -2.18. The van der Waals surface area contributed by atoms with Crippen LogP contribution >= 0.6 is 11.3 Å². The highest BCUT2D eigenvalue weighted by atomic mass is 32.2. The summed E-state index contributed by atoms with van der Waals surface area (Å²) >= 11 is 1.28. The van der Waals surface area contributed by atoms with Gasteiger partial charge in [0.1, 0.15) is 16.0 Å². The van der Waals surface area contributed by atoms with Gasteiger partial charge in [0.2, 0.25) is 16.9 Å². The predicted molar refractivity (Wildman–Crippen MR) is 130 cm³/mol. The molecule has 10 nitrogen and oxygen atoms in total. The Bertz CT molecular complexity index is 1110. The number of carbonyl (C=O) groups is 2. The molecule has 2 amide bonds. The fourth-order valence-corrected chi connectivity index (χ4v) is 6.43. The Balaban J connectivity index is 1.62. The fraction of sp³-hybridized carbons (Fsp3) is 0.545. The lowest BCUT2D eigenvalue weighted by atomic mass is 9.90. The third-order valence-corrected chi connectivity index (χ3v) is 8.80. The van der Waals surface area contributed by atoms with Gasteiger partial charge in [-0.25, -0.2) is 8.42 Å². The zero-order valence-electron chi connectivity index (χ0n) is 19.5. The molecule has 1 aliphatic carbocycles. The molecule has 1 saturated carbocycles. The molecule has 0 bridgehead atoms. The molecule has 12 heteroatoms. The van der Waals surface area contributed by atoms with Crippen LogP contribution in [0.2, 0.25) is 0 Å². The summed E-state index contributed by atoms with van der Waals surface area (Å²) in [6, 6.07) is 4.68. The summed E-state index contributed by atoms with van der Waals surface area (Å²) in [6.07, 6.45) is 5.62. The summed E-state index contributed by atoms with van der Waals surface area (Å²) in [4.78, 5) is 25.2. The molecule has 1 unspecified atom stereocenters. The molecule has 0 spiro atoms. The van der Waals surface area contributed by atoms with E-state index in [0.717, 1.165) is 30.7 Å². The van der Waals surface area contributed by atoms with E-state index < -0.39 is 32.7 Å². The number of rotatable bonds is 10. The first-order chi connectivity index (χ1) is 16.3. The van der Waals surface area contributed by atoms with Gasteiger partial charge in [-0.05, 0) is 31.4 Å². The highest BCUT2D eigenvalue weighted by Gasteiger charge is 2.34. The molecule has 1 aliphatic rings. The Kier molecular flexibility index (Phi) is 8.84. The minimum atomic E-state index is -4.08. The van der Waals surface area contributed by atoms with E-state index in [1.54, 1.807) is 19.1 Å². The van der Waals surface area contributed by atoms with Crippen molar-refractivity contribution in [2.75, 3.05) is 30.6 Å². The summed E-state index contributed by atoms with van der Waals surface area (Å²) in [5.41, 5.74) is 0.347. The Morgan fingerprint density at radius 3 is 2.44 bits per heavy atom. The van der Waals surface area contributed by atoms with Crippen LogP contribution in [0.4, 0.5) is 10.8 Å². The van der Waals surface area contributed by atoms with Gasteiger partial charge in [0.15, 0.2) is 21.3 Å². The summed E-state index contributed by atoms with van der Waals surface area (Å²) in [5.74, 6) is -1.11. The Morgan fingerprint density at radius 1 is 1.09 bits per heavy atom.